The van der Waals surface area contributed by atoms with Gasteiger partial charge in [0.2, 0.25) is 0 Å². The highest BCUT2D eigenvalue weighted by atomic mass is 16.4. The summed E-state index contributed by atoms with van der Waals surface area (Å²) in [4.78, 5) is 10.3. The van der Waals surface area contributed by atoms with Crippen LogP contribution in [0.15, 0.2) is 12.1 Å². The minimum atomic E-state index is -0.884. The molecule has 0 spiro atoms. The molecular weight excluding hydrogens is 188 g/mol. The van der Waals surface area contributed by atoms with Crippen molar-refractivity contribution >= 4 is 5.97 Å². The van der Waals surface area contributed by atoms with E-state index in [-0.39, 0.29) is 6.42 Å². The summed E-state index contributed by atoms with van der Waals surface area (Å²) in [5, 5.41) is 8.47. The molecule has 0 fully saturated rings. The Morgan fingerprint density at radius 3 is 2.27 bits per heavy atom. The minimum Gasteiger partial charge on any atom is -0.481 e. The lowest BCUT2D eigenvalue weighted by Gasteiger charge is -2.04. The number of aliphatic carboxylic acids is 1. The van der Waals surface area contributed by atoms with Crippen molar-refractivity contribution in [1.82, 2.24) is 0 Å². The van der Waals surface area contributed by atoms with Gasteiger partial charge in [0, 0.05) is 5.56 Å². The van der Waals surface area contributed by atoms with E-state index in [4.69, 9.17) is 5.11 Å². The van der Waals surface area contributed by atoms with Gasteiger partial charge in [-0.15, -0.1) is 0 Å². The summed E-state index contributed by atoms with van der Waals surface area (Å²) in [5.74, 6) is 4.68. The van der Waals surface area contributed by atoms with Gasteiger partial charge in [-0.05, 0) is 31.9 Å². The first kappa shape index (κ1) is 11.3. The average molecular weight is 202 g/mol. The van der Waals surface area contributed by atoms with Gasteiger partial charge in [0.1, 0.15) is 6.42 Å². The summed E-state index contributed by atoms with van der Waals surface area (Å²) in [5.41, 5.74) is 4.35. The number of hydrogen-bond donors (Lipinski definition) is 1. The molecule has 0 unspecified atom stereocenters. The average Bonchev–Trinajstić information content (AvgIpc) is 2.08. The van der Waals surface area contributed by atoms with E-state index in [1.807, 2.05) is 20.8 Å². The summed E-state index contributed by atoms with van der Waals surface area (Å²) in [6.07, 6.45) is -0.104. The largest absolute Gasteiger partial charge is 0.481 e. The maximum absolute atomic E-state index is 10.3. The van der Waals surface area contributed by atoms with Crippen molar-refractivity contribution in [3.8, 4) is 11.8 Å². The van der Waals surface area contributed by atoms with Crippen LogP contribution >= 0.6 is 0 Å². The van der Waals surface area contributed by atoms with Gasteiger partial charge in [-0.2, -0.15) is 0 Å². The highest BCUT2D eigenvalue weighted by Crippen LogP contribution is 2.14. The number of aryl methyl sites for hydroxylation is 3. The molecule has 2 nitrogen and oxygen atoms in total. The highest BCUT2D eigenvalue weighted by Gasteiger charge is 2.00. The van der Waals surface area contributed by atoms with Crippen molar-refractivity contribution in [3.05, 3.63) is 34.4 Å². The molecule has 0 saturated carbocycles. The molecule has 0 radical (unpaired) electrons. The first-order valence-electron chi connectivity index (χ1n) is 4.79. The van der Waals surface area contributed by atoms with Gasteiger partial charge in [0.15, 0.2) is 0 Å². The molecule has 78 valence electrons. The van der Waals surface area contributed by atoms with Crippen molar-refractivity contribution < 1.29 is 9.90 Å². The van der Waals surface area contributed by atoms with Crippen LogP contribution in [0.3, 0.4) is 0 Å². The molecule has 0 heterocycles. The van der Waals surface area contributed by atoms with E-state index in [9.17, 15) is 4.79 Å². The maximum atomic E-state index is 10.3. The zero-order valence-corrected chi connectivity index (χ0v) is 9.22. The third-order valence-electron chi connectivity index (χ3n) is 2.13. The first-order chi connectivity index (χ1) is 7.00. The summed E-state index contributed by atoms with van der Waals surface area (Å²) in [7, 11) is 0. The Morgan fingerprint density at radius 1 is 1.27 bits per heavy atom. The van der Waals surface area contributed by atoms with Gasteiger partial charge < -0.3 is 5.11 Å². The van der Waals surface area contributed by atoms with Crippen LogP contribution in [0.5, 0.6) is 0 Å². The molecule has 0 aliphatic rings. The second-order valence-corrected chi connectivity index (χ2v) is 3.65. The normalized spacial score (nSPS) is 9.27. The molecule has 0 aliphatic heterocycles. The predicted octanol–water partition coefficient (Wildman–Crippen LogP) is 2.44. The summed E-state index contributed by atoms with van der Waals surface area (Å²) >= 11 is 0. The molecule has 0 atom stereocenters. The van der Waals surface area contributed by atoms with E-state index in [1.165, 1.54) is 5.56 Å². The van der Waals surface area contributed by atoms with Gasteiger partial charge in [-0.3, -0.25) is 4.79 Å². The van der Waals surface area contributed by atoms with Crippen molar-refractivity contribution in [2.24, 2.45) is 0 Å². The number of carboxylic acids is 1. The van der Waals surface area contributed by atoms with Crippen molar-refractivity contribution in [1.29, 1.82) is 0 Å². The smallest absolute Gasteiger partial charge is 0.315 e. The lowest BCUT2D eigenvalue weighted by Crippen LogP contribution is -1.92. The van der Waals surface area contributed by atoms with Gasteiger partial charge in [-0.1, -0.05) is 29.5 Å². The standard InChI is InChI=1S/C13H14O2/c1-9-7-10(2)12(11(3)8-9)5-4-6-13(14)15/h7-8H,6H2,1-3H3,(H,14,15). The highest BCUT2D eigenvalue weighted by molar-refractivity contribution is 5.70. The fourth-order valence-corrected chi connectivity index (χ4v) is 1.59. The molecule has 1 rings (SSSR count). The topological polar surface area (TPSA) is 37.3 Å². The molecule has 2 heteroatoms. The van der Waals surface area contributed by atoms with E-state index >= 15 is 0 Å². The number of hydrogen-bond acceptors (Lipinski definition) is 1. The molecule has 0 amide bonds. The lowest BCUT2D eigenvalue weighted by atomic mass is 10.0. The molecule has 1 aromatic carbocycles. The fraction of sp³-hybridized carbons (Fsp3) is 0.308. The van der Waals surface area contributed by atoms with Gasteiger partial charge in [0.25, 0.3) is 0 Å². The monoisotopic (exact) mass is 202 g/mol. The predicted molar refractivity (Wildman–Crippen MR) is 59.8 cm³/mol. The zero-order valence-electron chi connectivity index (χ0n) is 9.22. The van der Waals surface area contributed by atoms with Crippen LogP contribution in [0.25, 0.3) is 0 Å². The number of carbonyl (C=O) groups is 1. The Kier molecular flexibility index (Phi) is 3.51. The van der Waals surface area contributed by atoms with Crippen LogP contribution in [-0.4, -0.2) is 11.1 Å². The van der Waals surface area contributed by atoms with Crippen LogP contribution in [-0.2, 0) is 4.79 Å². The lowest BCUT2D eigenvalue weighted by molar-refractivity contribution is -0.135. The molecule has 1 aromatic rings. The van der Waals surface area contributed by atoms with Crippen molar-refractivity contribution in [3.63, 3.8) is 0 Å². The molecule has 15 heavy (non-hydrogen) atoms. The van der Waals surface area contributed by atoms with Crippen LogP contribution < -0.4 is 0 Å². The summed E-state index contributed by atoms with van der Waals surface area (Å²) in [6, 6.07) is 4.11. The van der Waals surface area contributed by atoms with Gasteiger partial charge in [-0.25, -0.2) is 0 Å². The Balaban J connectivity index is 3.03. The van der Waals surface area contributed by atoms with E-state index in [0.717, 1.165) is 16.7 Å². The molecular formula is C13H14O2. The molecule has 1 N–H and O–H groups in total. The van der Waals surface area contributed by atoms with Crippen LogP contribution in [0.1, 0.15) is 28.7 Å². The van der Waals surface area contributed by atoms with Gasteiger partial charge >= 0.3 is 5.97 Å². The van der Waals surface area contributed by atoms with Crippen molar-refractivity contribution in [2.75, 3.05) is 0 Å². The summed E-state index contributed by atoms with van der Waals surface area (Å²) in [6.45, 7) is 6.02. The quantitative estimate of drug-likeness (QED) is 0.710. The van der Waals surface area contributed by atoms with Crippen LogP contribution in [0.2, 0.25) is 0 Å². The van der Waals surface area contributed by atoms with Crippen LogP contribution in [0.4, 0.5) is 0 Å². The Bertz CT molecular complexity index is 424. The number of carboxylic acid groups (broad SMARTS) is 1. The zero-order chi connectivity index (χ0) is 11.4. The van der Waals surface area contributed by atoms with Gasteiger partial charge in [0.05, 0.1) is 0 Å². The Labute approximate surface area is 89.9 Å². The molecule has 0 aromatic heterocycles. The van der Waals surface area contributed by atoms with E-state index < -0.39 is 5.97 Å². The van der Waals surface area contributed by atoms with Crippen molar-refractivity contribution in [2.45, 2.75) is 27.2 Å². The fourth-order valence-electron chi connectivity index (χ4n) is 1.59. The number of rotatable bonds is 1. The summed E-state index contributed by atoms with van der Waals surface area (Å²) < 4.78 is 0. The van der Waals surface area contributed by atoms with E-state index in [0.29, 0.717) is 0 Å². The first-order valence-corrected chi connectivity index (χ1v) is 4.79. The van der Waals surface area contributed by atoms with E-state index in [2.05, 4.69) is 24.0 Å². The number of benzene rings is 1. The third-order valence-corrected chi connectivity index (χ3v) is 2.13. The van der Waals surface area contributed by atoms with E-state index in [1.54, 1.807) is 0 Å². The minimum absolute atomic E-state index is 0.104. The molecule has 0 saturated heterocycles. The molecule has 0 aliphatic carbocycles. The second-order valence-electron chi connectivity index (χ2n) is 3.65. The Morgan fingerprint density at radius 2 is 1.80 bits per heavy atom. The second kappa shape index (κ2) is 4.65. The third kappa shape index (κ3) is 3.14. The van der Waals surface area contributed by atoms with Crippen LogP contribution in [0, 0.1) is 32.6 Å². The molecule has 0 bridgehead atoms. The Hall–Kier alpha value is -1.75. The maximum Gasteiger partial charge on any atom is 0.315 e. The SMILES string of the molecule is Cc1cc(C)c(C#CCC(=O)O)c(C)c1.